The molecular formula is C13H13F3N2O2. The number of rotatable bonds is 3. The molecule has 1 aliphatic heterocycles. The maximum Gasteiger partial charge on any atom is 0.433 e. The fourth-order valence-corrected chi connectivity index (χ4v) is 3.05. The standard InChI is InChI=1S/C13H13F3N2O2/c14-13(15,16)10-2-1-7(3-17-10)4-18-5-8-9(6-18)11(8)12(19)20/h1-3,8-9,11H,4-6H2,(H,19,20)/t8-,9+,11?. The summed E-state index contributed by atoms with van der Waals surface area (Å²) in [7, 11) is 0. The van der Waals surface area contributed by atoms with E-state index in [1.807, 2.05) is 0 Å². The molecule has 0 amide bonds. The smallest absolute Gasteiger partial charge is 0.433 e. The van der Waals surface area contributed by atoms with Crippen molar-refractivity contribution in [1.29, 1.82) is 0 Å². The van der Waals surface area contributed by atoms with Gasteiger partial charge in [-0.25, -0.2) is 0 Å². The number of halogens is 3. The summed E-state index contributed by atoms with van der Waals surface area (Å²) in [6.07, 6.45) is -3.18. The van der Waals surface area contributed by atoms with Gasteiger partial charge in [-0.2, -0.15) is 13.2 Å². The summed E-state index contributed by atoms with van der Waals surface area (Å²) in [4.78, 5) is 16.3. The van der Waals surface area contributed by atoms with Crippen LogP contribution in [0.5, 0.6) is 0 Å². The largest absolute Gasteiger partial charge is 0.481 e. The molecule has 20 heavy (non-hydrogen) atoms. The van der Waals surface area contributed by atoms with Crippen LogP contribution < -0.4 is 0 Å². The molecule has 0 radical (unpaired) electrons. The second-order valence-corrected chi connectivity index (χ2v) is 5.44. The van der Waals surface area contributed by atoms with E-state index in [-0.39, 0.29) is 17.8 Å². The van der Waals surface area contributed by atoms with Gasteiger partial charge >= 0.3 is 12.1 Å². The first-order valence-electron chi connectivity index (χ1n) is 6.33. The Morgan fingerprint density at radius 1 is 1.35 bits per heavy atom. The molecule has 7 heteroatoms. The van der Waals surface area contributed by atoms with Gasteiger partial charge in [-0.3, -0.25) is 14.7 Å². The van der Waals surface area contributed by atoms with Gasteiger partial charge in [-0.1, -0.05) is 6.07 Å². The van der Waals surface area contributed by atoms with E-state index in [1.54, 1.807) is 0 Å². The second kappa shape index (κ2) is 4.44. The van der Waals surface area contributed by atoms with Crippen LogP contribution in [0.2, 0.25) is 0 Å². The van der Waals surface area contributed by atoms with E-state index in [1.165, 1.54) is 12.3 Å². The highest BCUT2D eigenvalue weighted by molar-refractivity contribution is 5.74. The number of carboxylic acid groups (broad SMARTS) is 1. The molecule has 1 aromatic heterocycles. The number of fused-ring (bicyclic) bond motifs is 1. The maximum atomic E-state index is 12.4. The predicted octanol–water partition coefficient (Wildman–Crippen LogP) is 1.86. The molecule has 0 spiro atoms. The Morgan fingerprint density at radius 2 is 2.00 bits per heavy atom. The van der Waals surface area contributed by atoms with Gasteiger partial charge in [0.2, 0.25) is 0 Å². The average Bonchev–Trinajstić information content (AvgIpc) is 2.87. The summed E-state index contributed by atoms with van der Waals surface area (Å²) in [6, 6.07) is 2.40. The van der Waals surface area contributed by atoms with Crippen LogP contribution in [0.3, 0.4) is 0 Å². The lowest BCUT2D eigenvalue weighted by molar-refractivity contribution is -0.141. The van der Waals surface area contributed by atoms with Crippen molar-refractivity contribution in [2.24, 2.45) is 17.8 Å². The molecule has 1 aliphatic carbocycles. The third-order valence-electron chi connectivity index (χ3n) is 4.08. The number of aliphatic carboxylic acids is 1. The van der Waals surface area contributed by atoms with Crippen LogP contribution in [0.4, 0.5) is 13.2 Å². The van der Waals surface area contributed by atoms with Crippen LogP contribution in [-0.4, -0.2) is 34.0 Å². The summed E-state index contributed by atoms with van der Waals surface area (Å²) in [6.45, 7) is 1.91. The number of likely N-dealkylation sites (tertiary alicyclic amines) is 1. The molecule has 4 nitrogen and oxygen atoms in total. The zero-order valence-corrected chi connectivity index (χ0v) is 10.5. The number of carbonyl (C=O) groups is 1. The first kappa shape index (κ1) is 13.4. The Hall–Kier alpha value is -1.63. The van der Waals surface area contributed by atoms with E-state index in [2.05, 4.69) is 9.88 Å². The molecule has 3 atom stereocenters. The average molecular weight is 286 g/mol. The Bertz CT molecular complexity index is 517. The minimum atomic E-state index is -4.41. The van der Waals surface area contributed by atoms with Crippen molar-refractivity contribution in [3.8, 4) is 0 Å². The van der Waals surface area contributed by atoms with Crippen molar-refractivity contribution < 1.29 is 23.1 Å². The summed E-state index contributed by atoms with van der Waals surface area (Å²) in [5, 5.41) is 8.91. The lowest BCUT2D eigenvalue weighted by Crippen LogP contribution is -2.26. The monoisotopic (exact) mass is 286 g/mol. The van der Waals surface area contributed by atoms with Gasteiger partial charge in [0.15, 0.2) is 0 Å². The molecule has 1 saturated heterocycles. The van der Waals surface area contributed by atoms with E-state index in [0.29, 0.717) is 25.2 Å². The number of hydrogen-bond acceptors (Lipinski definition) is 3. The normalized spacial score (nSPS) is 29.2. The van der Waals surface area contributed by atoms with Crippen LogP contribution in [-0.2, 0) is 17.5 Å². The lowest BCUT2D eigenvalue weighted by Gasteiger charge is -2.18. The maximum absolute atomic E-state index is 12.4. The van der Waals surface area contributed by atoms with E-state index < -0.39 is 17.8 Å². The van der Waals surface area contributed by atoms with Crippen LogP contribution in [0.15, 0.2) is 18.3 Å². The molecule has 0 bridgehead atoms. The number of alkyl halides is 3. The van der Waals surface area contributed by atoms with Crippen LogP contribution in [0, 0.1) is 17.8 Å². The molecule has 1 saturated carbocycles. The molecule has 108 valence electrons. The second-order valence-electron chi connectivity index (χ2n) is 5.44. The molecule has 1 aromatic rings. The van der Waals surface area contributed by atoms with Crippen molar-refractivity contribution in [3.63, 3.8) is 0 Å². The van der Waals surface area contributed by atoms with Gasteiger partial charge < -0.3 is 5.11 Å². The van der Waals surface area contributed by atoms with Crippen molar-refractivity contribution >= 4 is 5.97 Å². The first-order chi connectivity index (χ1) is 9.36. The number of carboxylic acids is 1. The third-order valence-corrected chi connectivity index (χ3v) is 4.08. The van der Waals surface area contributed by atoms with Crippen molar-refractivity contribution in [3.05, 3.63) is 29.6 Å². The van der Waals surface area contributed by atoms with Gasteiger partial charge in [0.1, 0.15) is 5.69 Å². The molecular weight excluding hydrogens is 273 g/mol. The van der Waals surface area contributed by atoms with E-state index in [9.17, 15) is 18.0 Å². The fourth-order valence-electron chi connectivity index (χ4n) is 3.05. The molecule has 1 N–H and O–H groups in total. The minimum absolute atomic E-state index is 0.204. The zero-order chi connectivity index (χ0) is 14.5. The van der Waals surface area contributed by atoms with Crippen LogP contribution >= 0.6 is 0 Å². The van der Waals surface area contributed by atoms with Gasteiger partial charge in [0.05, 0.1) is 5.92 Å². The number of pyridine rings is 1. The fraction of sp³-hybridized carbons (Fsp3) is 0.538. The highest BCUT2D eigenvalue weighted by atomic mass is 19.4. The summed E-state index contributed by atoms with van der Waals surface area (Å²) >= 11 is 0. The van der Waals surface area contributed by atoms with Crippen LogP contribution in [0.1, 0.15) is 11.3 Å². The number of piperidine rings is 1. The highest BCUT2D eigenvalue weighted by Gasteiger charge is 2.59. The molecule has 2 fully saturated rings. The van der Waals surface area contributed by atoms with Gasteiger partial charge in [-0.15, -0.1) is 0 Å². The SMILES string of the molecule is O=C(O)C1[C@H]2CN(Cc3ccc(C(F)(F)F)nc3)C[C@@H]12. The Balaban J connectivity index is 1.57. The van der Waals surface area contributed by atoms with Crippen molar-refractivity contribution in [2.75, 3.05) is 13.1 Å². The number of aromatic nitrogens is 1. The Kier molecular flexibility index (Phi) is 2.97. The van der Waals surface area contributed by atoms with Gasteiger partial charge in [-0.05, 0) is 23.5 Å². The summed E-state index contributed by atoms with van der Waals surface area (Å²) in [5.74, 6) is -0.558. The number of nitrogens with zero attached hydrogens (tertiary/aromatic N) is 2. The van der Waals surface area contributed by atoms with E-state index in [4.69, 9.17) is 5.11 Å². The van der Waals surface area contributed by atoms with E-state index >= 15 is 0 Å². The van der Waals surface area contributed by atoms with E-state index in [0.717, 1.165) is 6.07 Å². The van der Waals surface area contributed by atoms with Crippen molar-refractivity contribution in [2.45, 2.75) is 12.7 Å². The van der Waals surface area contributed by atoms with Crippen LogP contribution in [0.25, 0.3) is 0 Å². The third kappa shape index (κ3) is 2.37. The van der Waals surface area contributed by atoms with Crippen molar-refractivity contribution in [1.82, 2.24) is 9.88 Å². The predicted molar refractivity (Wildman–Crippen MR) is 62.6 cm³/mol. The molecule has 3 rings (SSSR count). The Labute approximate surface area is 113 Å². The van der Waals surface area contributed by atoms with Gasteiger partial charge in [0, 0.05) is 25.8 Å². The molecule has 1 unspecified atom stereocenters. The first-order valence-corrected chi connectivity index (χ1v) is 6.33. The Morgan fingerprint density at radius 3 is 2.45 bits per heavy atom. The lowest BCUT2D eigenvalue weighted by atomic mass is 10.2. The zero-order valence-electron chi connectivity index (χ0n) is 10.5. The highest BCUT2D eigenvalue weighted by Crippen LogP contribution is 2.51. The quantitative estimate of drug-likeness (QED) is 0.921. The van der Waals surface area contributed by atoms with Gasteiger partial charge in [0.25, 0.3) is 0 Å². The topological polar surface area (TPSA) is 53.4 Å². The summed E-state index contributed by atoms with van der Waals surface area (Å²) in [5.41, 5.74) is -0.178. The molecule has 0 aromatic carbocycles. The minimum Gasteiger partial charge on any atom is -0.481 e. The summed E-state index contributed by atoms with van der Waals surface area (Å²) < 4.78 is 37.1. The molecule has 2 heterocycles. The molecule has 2 aliphatic rings. The number of hydrogen-bond donors (Lipinski definition) is 1.